The van der Waals surface area contributed by atoms with Crippen molar-refractivity contribution in [1.82, 2.24) is 10.3 Å². The summed E-state index contributed by atoms with van der Waals surface area (Å²) < 4.78 is 36.1. The van der Waals surface area contributed by atoms with Crippen molar-refractivity contribution in [2.75, 3.05) is 17.3 Å². The number of amides is 1. The molecule has 0 saturated heterocycles. The second-order valence-corrected chi connectivity index (χ2v) is 7.94. The van der Waals surface area contributed by atoms with Crippen LogP contribution in [-0.4, -0.2) is 31.9 Å². The number of aromatic nitrogens is 1. The monoisotopic (exact) mass is 323 g/mol. The Morgan fingerprint density at radius 3 is 2.65 bits per heavy atom. The van der Waals surface area contributed by atoms with Crippen molar-refractivity contribution in [2.45, 2.75) is 27.2 Å². The third-order valence-corrected chi connectivity index (χ3v) is 3.96. The van der Waals surface area contributed by atoms with E-state index in [0.29, 0.717) is 6.54 Å². The van der Waals surface area contributed by atoms with Crippen molar-refractivity contribution in [3.8, 4) is 0 Å². The molecular formula is C11H18FN3O3S2. The van der Waals surface area contributed by atoms with Crippen LogP contribution in [0.4, 0.5) is 9.52 Å². The number of halogens is 1. The fourth-order valence-corrected chi connectivity index (χ4v) is 2.70. The summed E-state index contributed by atoms with van der Waals surface area (Å²) in [5, 5.41) is 4.09. The molecule has 114 valence electrons. The topological polar surface area (TPSA) is 88.2 Å². The number of anilines is 1. The first-order valence-electron chi connectivity index (χ1n) is 5.93. The molecule has 6 nitrogen and oxygen atoms in total. The zero-order chi connectivity index (χ0) is 15.4. The van der Waals surface area contributed by atoms with Crippen LogP contribution >= 0.6 is 11.3 Å². The van der Waals surface area contributed by atoms with Crippen LogP contribution in [0.1, 0.15) is 37.7 Å². The van der Waals surface area contributed by atoms with Gasteiger partial charge in [-0.05, 0) is 11.8 Å². The minimum absolute atomic E-state index is 0.0244. The molecule has 9 heteroatoms. The molecule has 1 rings (SSSR count). The zero-order valence-corrected chi connectivity index (χ0v) is 13.2. The minimum Gasteiger partial charge on any atom is -0.351 e. The number of nitrogens with zero attached hydrogens (tertiary/aromatic N) is 1. The summed E-state index contributed by atoms with van der Waals surface area (Å²) in [4.78, 5) is 15.6. The van der Waals surface area contributed by atoms with Gasteiger partial charge in [-0.2, -0.15) is 0 Å². The van der Waals surface area contributed by atoms with Crippen molar-refractivity contribution in [1.29, 1.82) is 0 Å². The van der Waals surface area contributed by atoms with Crippen LogP contribution in [0.2, 0.25) is 0 Å². The third kappa shape index (κ3) is 5.83. The van der Waals surface area contributed by atoms with Crippen molar-refractivity contribution in [3.05, 3.63) is 11.1 Å². The van der Waals surface area contributed by atoms with Crippen LogP contribution < -0.4 is 10.0 Å². The number of sulfonamides is 1. The smallest absolute Gasteiger partial charge is 0.270 e. The molecule has 0 radical (unpaired) electrons. The maximum Gasteiger partial charge on any atom is 0.270 e. The van der Waals surface area contributed by atoms with Crippen molar-refractivity contribution in [2.24, 2.45) is 5.41 Å². The molecular weight excluding hydrogens is 305 g/mol. The molecule has 1 heterocycles. The summed E-state index contributed by atoms with van der Waals surface area (Å²) in [5.74, 6) is -0.379. The SMILES string of the molecule is CC(C)(C)CCNC(=O)c1csc(NS(=O)(=O)CF)n1. The molecule has 1 amide bonds. The highest BCUT2D eigenvalue weighted by atomic mass is 32.2. The minimum atomic E-state index is -4.02. The van der Waals surface area contributed by atoms with Crippen LogP contribution in [0, 0.1) is 5.41 Å². The Labute approximate surface area is 121 Å². The predicted octanol–water partition coefficient (Wildman–Crippen LogP) is 1.98. The average Bonchev–Trinajstić information content (AvgIpc) is 2.75. The van der Waals surface area contributed by atoms with Crippen LogP contribution in [-0.2, 0) is 10.0 Å². The van der Waals surface area contributed by atoms with E-state index in [1.807, 2.05) is 4.72 Å². The molecule has 0 fully saturated rings. The molecule has 2 N–H and O–H groups in total. The van der Waals surface area contributed by atoms with Gasteiger partial charge in [-0.3, -0.25) is 9.52 Å². The molecule has 0 aliphatic carbocycles. The van der Waals surface area contributed by atoms with Crippen molar-refractivity contribution < 1.29 is 17.6 Å². The van der Waals surface area contributed by atoms with Gasteiger partial charge >= 0.3 is 0 Å². The van der Waals surface area contributed by atoms with Crippen LogP contribution in [0.25, 0.3) is 0 Å². The Balaban J connectivity index is 2.57. The van der Waals surface area contributed by atoms with E-state index in [2.05, 4.69) is 31.1 Å². The fraction of sp³-hybridized carbons (Fsp3) is 0.636. The van der Waals surface area contributed by atoms with Gasteiger partial charge in [0.25, 0.3) is 15.9 Å². The second kappa shape index (κ2) is 6.49. The number of hydrogen-bond acceptors (Lipinski definition) is 5. The molecule has 0 aromatic carbocycles. The maximum absolute atomic E-state index is 12.1. The molecule has 1 aromatic rings. The Hall–Kier alpha value is -1.22. The Morgan fingerprint density at radius 2 is 2.10 bits per heavy atom. The number of rotatable bonds is 6. The highest BCUT2D eigenvalue weighted by Gasteiger charge is 2.16. The summed E-state index contributed by atoms with van der Waals surface area (Å²) in [6, 6.07) is -1.53. The van der Waals surface area contributed by atoms with Crippen LogP contribution in [0.15, 0.2) is 5.38 Å². The molecule has 0 aliphatic rings. The first kappa shape index (κ1) is 16.8. The third-order valence-electron chi connectivity index (χ3n) is 2.28. The maximum atomic E-state index is 12.1. The number of carbonyl (C=O) groups excluding carboxylic acids is 1. The highest BCUT2D eigenvalue weighted by Crippen LogP contribution is 2.18. The van der Waals surface area contributed by atoms with Gasteiger partial charge in [-0.25, -0.2) is 17.8 Å². The van der Waals surface area contributed by atoms with E-state index >= 15 is 0 Å². The normalized spacial score (nSPS) is 12.2. The average molecular weight is 323 g/mol. The zero-order valence-electron chi connectivity index (χ0n) is 11.6. The standard InChI is InChI=1S/C11H18FN3O3S2/c1-11(2,3)4-5-13-9(16)8-6-19-10(14-8)15-20(17,18)7-12/h6H,4-5,7H2,1-3H3,(H,13,16)(H,14,15). The van der Waals surface area contributed by atoms with Gasteiger partial charge < -0.3 is 5.32 Å². The van der Waals surface area contributed by atoms with E-state index in [1.54, 1.807) is 0 Å². The second-order valence-electron chi connectivity index (χ2n) is 5.43. The molecule has 0 saturated carbocycles. The van der Waals surface area contributed by atoms with Gasteiger partial charge in [-0.15, -0.1) is 11.3 Å². The van der Waals surface area contributed by atoms with E-state index < -0.39 is 16.0 Å². The Bertz CT molecular complexity index is 564. The molecule has 0 bridgehead atoms. The number of nitrogens with one attached hydrogen (secondary N) is 2. The lowest BCUT2D eigenvalue weighted by Crippen LogP contribution is -2.27. The van der Waals surface area contributed by atoms with Crippen molar-refractivity contribution in [3.63, 3.8) is 0 Å². The Morgan fingerprint density at radius 1 is 1.45 bits per heavy atom. The number of alkyl halides is 1. The molecule has 20 heavy (non-hydrogen) atoms. The van der Waals surface area contributed by atoms with E-state index in [-0.39, 0.29) is 22.1 Å². The van der Waals surface area contributed by atoms with Crippen LogP contribution in [0.3, 0.4) is 0 Å². The summed E-state index contributed by atoms with van der Waals surface area (Å²) in [7, 11) is -4.02. The van der Waals surface area contributed by atoms with E-state index in [9.17, 15) is 17.6 Å². The van der Waals surface area contributed by atoms with Crippen molar-refractivity contribution >= 4 is 32.4 Å². The van der Waals surface area contributed by atoms with Crippen LogP contribution in [0.5, 0.6) is 0 Å². The first-order chi connectivity index (χ1) is 9.13. The fourth-order valence-electron chi connectivity index (χ4n) is 1.23. The van der Waals surface area contributed by atoms with E-state index in [1.165, 1.54) is 5.38 Å². The number of hydrogen-bond donors (Lipinski definition) is 2. The summed E-state index contributed by atoms with van der Waals surface area (Å²) >= 11 is 0.930. The molecule has 0 atom stereocenters. The van der Waals surface area contributed by atoms with E-state index in [4.69, 9.17) is 0 Å². The van der Waals surface area contributed by atoms with Gasteiger partial charge in [0.1, 0.15) is 5.69 Å². The van der Waals surface area contributed by atoms with Gasteiger partial charge in [0.05, 0.1) is 0 Å². The van der Waals surface area contributed by atoms with Gasteiger partial charge in [0, 0.05) is 11.9 Å². The molecule has 0 spiro atoms. The lowest BCUT2D eigenvalue weighted by atomic mass is 9.92. The Kier molecular flexibility index (Phi) is 5.46. The van der Waals surface area contributed by atoms with E-state index in [0.717, 1.165) is 17.8 Å². The van der Waals surface area contributed by atoms with Gasteiger partial charge in [-0.1, -0.05) is 20.8 Å². The summed E-state index contributed by atoms with van der Waals surface area (Å²) in [6.45, 7) is 6.69. The highest BCUT2D eigenvalue weighted by molar-refractivity contribution is 7.92. The molecule has 1 aromatic heterocycles. The predicted molar refractivity (Wildman–Crippen MR) is 77.0 cm³/mol. The summed E-state index contributed by atoms with van der Waals surface area (Å²) in [6.07, 6.45) is 0.810. The summed E-state index contributed by atoms with van der Waals surface area (Å²) in [5.41, 5.74) is 0.220. The number of carbonyl (C=O) groups is 1. The van der Waals surface area contributed by atoms with Gasteiger partial charge in [0.2, 0.25) is 6.01 Å². The lowest BCUT2D eigenvalue weighted by molar-refractivity contribution is 0.0945. The molecule has 0 aliphatic heterocycles. The largest absolute Gasteiger partial charge is 0.351 e. The lowest BCUT2D eigenvalue weighted by Gasteiger charge is -2.17. The number of thiazole rings is 1. The van der Waals surface area contributed by atoms with Gasteiger partial charge in [0.15, 0.2) is 5.13 Å². The quantitative estimate of drug-likeness (QED) is 0.838. The first-order valence-corrected chi connectivity index (χ1v) is 8.46. The molecule has 0 unspecified atom stereocenters.